The molecular formula is C15H15FN6. The van der Waals surface area contributed by atoms with E-state index in [2.05, 4.69) is 21.0 Å². The quantitative estimate of drug-likeness (QED) is 0.837. The van der Waals surface area contributed by atoms with Gasteiger partial charge in [0.15, 0.2) is 11.6 Å². The second-order valence-corrected chi connectivity index (χ2v) is 5.06. The smallest absolute Gasteiger partial charge is 0.186 e. The number of hydrogen-bond donors (Lipinski definition) is 0. The van der Waals surface area contributed by atoms with E-state index in [9.17, 15) is 4.39 Å². The van der Waals surface area contributed by atoms with Gasteiger partial charge in [-0.05, 0) is 19.1 Å². The second kappa shape index (κ2) is 5.93. The normalized spacial score (nSPS) is 14.8. The van der Waals surface area contributed by atoms with Crippen molar-refractivity contribution in [3.63, 3.8) is 0 Å². The van der Waals surface area contributed by atoms with Crippen LogP contribution in [-0.4, -0.2) is 41.1 Å². The molecule has 1 fully saturated rings. The molecule has 3 rings (SSSR count). The van der Waals surface area contributed by atoms with Crippen molar-refractivity contribution < 1.29 is 4.39 Å². The number of rotatable bonds is 2. The standard InChI is InChI=1S/C15H15FN6/c1-11-13(16)15(20-10-19-11)22-7-5-21(6-8-22)14-12(9-17)3-2-4-18-14/h2-4,10H,5-8H2,1H3. The first-order valence-electron chi connectivity index (χ1n) is 7.03. The van der Waals surface area contributed by atoms with Crippen LogP contribution in [0.4, 0.5) is 16.0 Å². The highest BCUT2D eigenvalue weighted by Crippen LogP contribution is 2.22. The van der Waals surface area contributed by atoms with Crippen molar-refractivity contribution in [2.75, 3.05) is 36.0 Å². The monoisotopic (exact) mass is 298 g/mol. The van der Waals surface area contributed by atoms with E-state index < -0.39 is 0 Å². The third-order valence-electron chi connectivity index (χ3n) is 3.73. The van der Waals surface area contributed by atoms with E-state index in [1.54, 1.807) is 25.3 Å². The number of hydrogen-bond acceptors (Lipinski definition) is 6. The van der Waals surface area contributed by atoms with Gasteiger partial charge >= 0.3 is 0 Å². The lowest BCUT2D eigenvalue weighted by Gasteiger charge is -2.36. The van der Waals surface area contributed by atoms with Gasteiger partial charge in [0.1, 0.15) is 18.2 Å². The summed E-state index contributed by atoms with van der Waals surface area (Å²) >= 11 is 0. The molecule has 0 amide bonds. The summed E-state index contributed by atoms with van der Waals surface area (Å²) in [7, 11) is 0. The van der Waals surface area contributed by atoms with Crippen LogP contribution in [0.3, 0.4) is 0 Å². The molecule has 1 aliphatic heterocycles. The average Bonchev–Trinajstić information content (AvgIpc) is 2.57. The number of aromatic nitrogens is 3. The number of nitrogens with zero attached hydrogens (tertiary/aromatic N) is 6. The van der Waals surface area contributed by atoms with E-state index in [4.69, 9.17) is 5.26 Å². The number of nitriles is 1. The Morgan fingerprint density at radius 2 is 1.77 bits per heavy atom. The summed E-state index contributed by atoms with van der Waals surface area (Å²) < 4.78 is 14.1. The molecule has 2 aromatic rings. The topological polar surface area (TPSA) is 68.9 Å². The number of piperazine rings is 1. The molecule has 0 unspecified atom stereocenters. The van der Waals surface area contributed by atoms with Gasteiger partial charge in [0.25, 0.3) is 0 Å². The van der Waals surface area contributed by atoms with E-state index in [0.717, 1.165) is 0 Å². The van der Waals surface area contributed by atoms with Crippen molar-refractivity contribution in [2.45, 2.75) is 6.92 Å². The first kappa shape index (κ1) is 14.2. The van der Waals surface area contributed by atoms with Gasteiger partial charge in [-0.3, -0.25) is 0 Å². The van der Waals surface area contributed by atoms with Crippen LogP contribution in [0.2, 0.25) is 0 Å². The zero-order chi connectivity index (χ0) is 15.5. The first-order chi connectivity index (χ1) is 10.7. The predicted octanol–water partition coefficient (Wildman–Crippen LogP) is 1.52. The van der Waals surface area contributed by atoms with Crippen molar-refractivity contribution in [1.82, 2.24) is 15.0 Å². The van der Waals surface area contributed by atoms with E-state index in [-0.39, 0.29) is 5.82 Å². The van der Waals surface area contributed by atoms with Crippen LogP contribution in [0.5, 0.6) is 0 Å². The number of halogens is 1. The van der Waals surface area contributed by atoms with Crippen LogP contribution in [0.15, 0.2) is 24.7 Å². The fraction of sp³-hybridized carbons (Fsp3) is 0.333. The van der Waals surface area contributed by atoms with E-state index in [1.807, 2.05) is 9.80 Å². The molecule has 1 aliphatic rings. The van der Waals surface area contributed by atoms with Crippen LogP contribution in [0, 0.1) is 24.1 Å². The Labute approximate surface area is 127 Å². The SMILES string of the molecule is Cc1ncnc(N2CCN(c3ncccc3C#N)CC2)c1F. The highest BCUT2D eigenvalue weighted by molar-refractivity contribution is 5.55. The zero-order valence-electron chi connectivity index (χ0n) is 12.2. The fourth-order valence-corrected chi connectivity index (χ4v) is 2.53. The largest absolute Gasteiger partial charge is 0.352 e. The van der Waals surface area contributed by atoms with Gasteiger partial charge in [0.2, 0.25) is 0 Å². The Morgan fingerprint density at radius 3 is 2.45 bits per heavy atom. The van der Waals surface area contributed by atoms with Crippen molar-refractivity contribution in [2.24, 2.45) is 0 Å². The molecule has 0 bridgehead atoms. The summed E-state index contributed by atoms with van der Waals surface area (Å²) in [5.41, 5.74) is 0.906. The minimum atomic E-state index is -0.369. The van der Waals surface area contributed by atoms with E-state index in [1.165, 1.54) is 6.33 Å². The molecule has 0 saturated carbocycles. The van der Waals surface area contributed by atoms with Gasteiger partial charge in [0.05, 0.1) is 11.3 Å². The summed E-state index contributed by atoms with van der Waals surface area (Å²) in [6.45, 7) is 4.19. The minimum absolute atomic E-state index is 0.341. The summed E-state index contributed by atoms with van der Waals surface area (Å²) in [6.07, 6.45) is 3.06. The lowest BCUT2D eigenvalue weighted by molar-refractivity contribution is 0.573. The summed E-state index contributed by atoms with van der Waals surface area (Å²) in [5.74, 6) is 0.657. The molecule has 0 spiro atoms. The van der Waals surface area contributed by atoms with Crippen LogP contribution >= 0.6 is 0 Å². The second-order valence-electron chi connectivity index (χ2n) is 5.06. The summed E-state index contributed by atoms with van der Waals surface area (Å²) in [4.78, 5) is 16.1. The highest BCUT2D eigenvalue weighted by atomic mass is 19.1. The van der Waals surface area contributed by atoms with Crippen molar-refractivity contribution in [3.8, 4) is 6.07 Å². The number of aryl methyl sites for hydroxylation is 1. The van der Waals surface area contributed by atoms with Crippen molar-refractivity contribution in [1.29, 1.82) is 5.26 Å². The van der Waals surface area contributed by atoms with E-state index in [0.29, 0.717) is 49.1 Å². The Morgan fingerprint density at radius 1 is 1.09 bits per heavy atom. The Hall–Kier alpha value is -2.75. The van der Waals surface area contributed by atoms with Crippen LogP contribution in [0.25, 0.3) is 0 Å². The van der Waals surface area contributed by atoms with E-state index >= 15 is 0 Å². The van der Waals surface area contributed by atoms with Crippen molar-refractivity contribution >= 4 is 11.6 Å². The lowest BCUT2D eigenvalue weighted by atomic mass is 10.2. The maximum absolute atomic E-state index is 14.1. The van der Waals surface area contributed by atoms with Gasteiger partial charge < -0.3 is 9.80 Å². The maximum atomic E-state index is 14.1. The third kappa shape index (κ3) is 2.55. The number of pyridine rings is 1. The fourth-order valence-electron chi connectivity index (χ4n) is 2.53. The Kier molecular flexibility index (Phi) is 3.83. The highest BCUT2D eigenvalue weighted by Gasteiger charge is 2.23. The first-order valence-corrected chi connectivity index (χ1v) is 7.03. The molecule has 3 heterocycles. The van der Waals surface area contributed by atoms with Gasteiger partial charge in [-0.1, -0.05) is 0 Å². The molecule has 0 radical (unpaired) electrons. The molecule has 6 nitrogen and oxygen atoms in total. The van der Waals surface area contributed by atoms with Crippen LogP contribution in [0.1, 0.15) is 11.3 Å². The molecule has 0 aliphatic carbocycles. The molecule has 1 saturated heterocycles. The predicted molar refractivity (Wildman–Crippen MR) is 80.1 cm³/mol. The Balaban J connectivity index is 1.76. The van der Waals surface area contributed by atoms with Crippen LogP contribution in [-0.2, 0) is 0 Å². The lowest BCUT2D eigenvalue weighted by Crippen LogP contribution is -2.47. The van der Waals surface area contributed by atoms with Gasteiger partial charge in [0, 0.05) is 32.4 Å². The molecule has 0 aromatic carbocycles. The molecule has 2 aromatic heterocycles. The Bertz CT molecular complexity index is 718. The minimum Gasteiger partial charge on any atom is -0.352 e. The zero-order valence-corrected chi connectivity index (χ0v) is 12.2. The molecule has 0 N–H and O–H groups in total. The summed E-state index contributed by atoms with van der Waals surface area (Å²) in [5, 5.41) is 9.15. The molecular weight excluding hydrogens is 283 g/mol. The van der Waals surface area contributed by atoms with Gasteiger partial charge in [-0.15, -0.1) is 0 Å². The van der Waals surface area contributed by atoms with Gasteiger partial charge in [-0.2, -0.15) is 5.26 Å². The van der Waals surface area contributed by atoms with Crippen molar-refractivity contribution in [3.05, 3.63) is 41.7 Å². The summed E-state index contributed by atoms with van der Waals surface area (Å²) in [6, 6.07) is 5.65. The van der Waals surface area contributed by atoms with Crippen LogP contribution < -0.4 is 9.80 Å². The molecule has 7 heteroatoms. The number of anilines is 2. The molecule has 22 heavy (non-hydrogen) atoms. The average molecular weight is 298 g/mol. The maximum Gasteiger partial charge on any atom is 0.186 e. The molecule has 0 atom stereocenters. The molecule has 112 valence electrons. The van der Waals surface area contributed by atoms with Gasteiger partial charge in [-0.25, -0.2) is 19.3 Å². The third-order valence-corrected chi connectivity index (χ3v) is 3.73.